The average Bonchev–Trinajstić information content (AvgIpc) is 3.49. The lowest BCUT2D eigenvalue weighted by atomic mass is 10.0. The van der Waals surface area contributed by atoms with Crippen molar-refractivity contribution in [3.05, 3.63) is 102 Å². The molecule has 4 heterocycles. The molecule has 0 unspecified atom stereocenters. The highest BCUT2D eigenvalue weighted by Gasteiger charge is 2.21. The van der Waals surface area contributed by atoms with Gasteiger partial charge in [0.25, 0.3) is 0 Å². The van der Waals surface area contributed by atoms with Crippen molar-refractivity contribution in [2.24, 2.45) is 4.99 Å². The van der Waals surface area contributed by atoms with Gasteiger partial charge in [0, 0.05) is 55.7 Å². The van der Waals surface area contributed by atoms with Crippen LogP contribution >= 0.6 is 0 Å². The summed E-state index contributed by atoms with van der Waals surface area (Å²) < 4.78 is 2.07. The lowest BCUT2D eigenvalue weighted by Crippen LogP contribution is -2.44. The number of hydrogen-bond acceptors (Lipinski definition) is 7. The third-order valence-electron chi connectivity index (χ3n) is 7.96. The summed E-state index contributed by atoms with van der Waals surface area (Å²) in [6, 6.07) is 29.1. The fourth-order valence-corrected chi connectivity index (χ4v) is 5.62. The smallest absolute Gasteiger partial charge is 0.165 e. The summed E-state index contributed by atoms with van der Waals surface area (Å²) in [5.74, 6) is 1.90. The molecule has 234 valence electrons. The van der Waals surface area contributed by atoms with Gasteiger partial charge in [-0.3, -0.25) is 14.5 Å². The molecule has 1 aliphatic rings. The largest absolute Gasteiger partial charge is 0.383 e. The van der Waals surface area contributed by atoms with Crippen molar-refractivity contribution in [2.75, 3.05) is 25.9 Å². The Morgan fingerprint density at radius 1 is 1.00 bits per heavy atom. The molecule has 6 rings (SSSR count). The van der Waals surface area contributed by atoms with Crippen molar-refractivity contribution in [1.29, 1.82) is 5.26 Å². The van der Waals surface area contributed by atoms with Crippen molar-refractivity contribution < 1.29 is 0 Å². The molecule has 9 nitrogen and oxygen atoms in total. The Balaban J connectivity index is 0.00000204. The van der Waals surface area contributed by atoms with Gasteiger partial charge in [0.1, 0.15) is 17.2 Å². The summed E-state index contributed by atoms with van der Waals surface area (Å²) in [6.07, 6.45) is 5.53. The molecule has 3 aromatic heterocycles. The maximum absolute atomic E-state index is 9.09. The van der Waals surface area contributed by atoms with Crippen LogP contribution < -0.4 is 11.1 Å². The maximum atomic E-state index is 9.09. The standard InChI is InChI=1S/C35H35N9.C2H6/c1-24(22-36)21-32(38-2)40-27-16-19-43(20-17-27)23-25-10-12-28(13-11-25)44-34(29-9-6-18-39-33(29)37)42-31-15-14-30(41-35(31)44)26-7-4-3-5-8-26;1-2/h3-15,18,21,27H,16-17,19-20,23H2,1-2H3,(H2,37,39)(H,38,40);1-2H3/b24-21+;. The SMILES string of the molecule is CC.CN=C(/C=C(\C)C#N)NC1CCN(Cc2ccc(-n3c(-c4cccnc4N)nc4ccc(-c5ccccc5)nc43)cc2)CC1. The molecular weight excluding hydrogens is 570 g/mol. The number of amidine groups is 1. The molecule has 9 heteroatoms. The van der Waals surface area contributed by atoms with Gasteiger partial charge in [-0.15, -0.1) is 0 Å². The molecule has 0 atom stereocenters. The summed E-state index contributed by atoms with van der Waals surface area (Å²) in [7, 11) is 1.75. The van der Waals surface area contributed by atoms with Gasteiger partial charge < -0.3 is 11.1 Å². The molecule has 0 aliphatic carbocycles. The Labute approximate surface area is 271 Å². The topological polar surface area (TPSA) is 121 Å². The second-order valence-electron chi connectivity index (χ2n) is 11.0. The number of imidazole rings is 1. The third-order valence-corrected chi connectivity index (χ3v) is 7.96. The van der Waals surface area contributed by atoms with Crippen LogP contribution in [-0.2, 0) is 6.54 Å². The van der Waals surface area contributed by atoms with Gasteiger partial charge >= 0.3 is 0 Å². The first-order valence-electron chi connectivity index (χ1n) is 15.8. The van der Waals surface area contributed by atoms with E-state index in [-0.39, 0.29) is 0 Å². The number of aromatic nitrogens is 4. The fraction of sp³-hybridized carbons (Fsp3) is 0.270. The number of nitrogens with two attached hydrogens (primary N) is 1. The number of fused-ring (bicyclic) bond motifs is 1. The van der Waals surface area contributed by atoms with Gasteiger partial charge in [-0.25, -0.2) is 15.0 Å². The number of benzene rings is 2. The van der Waals surface area contributed by atoms with Gasteiger partial charge in [-0.1, -0.05) is 56.3 Å². The van der Waals surface area contributed by atoms with Gasteiger partial charge in [-0.05, 0) is 67.8 Å². The zero-order valence-corrected chi connectivity index (χ0v) is 27.0. The zero-order chi connectivity index (χ0) is 32.5. The number of anilines is 1. The molecule has 5 aromatic rings. The van der Waals surface area contributed by atoms with E-state index in [9.17, 15) is 0 Å². The molecule has 3 N–H and O–H groups in total. The number of nitriles is 1. The van der Waals surface area contributed by atoms with Gasteiger partial charge in [0.15, 0.2) is 11.5 Å². The van der Waals surface area contributed by atoms with E-state index < -0.39 is 0 Å². The number of piperidine rings is 1. The predicted octanol–water partition coefficient (Wildman–Crippen LogP) is 6.81. The van der Waals surface area contributed by atoms with Crippen molar-refractivity contribution >= 4 is 22.8 Å². The number of nitrogens with one attached hydrogen (secondary N) is 1. The minimum atomic E-state index is 0.344. The molecule has 0 radical (unpaired) electrons. The quantitative estimate of drug-likeness (QED) is 0.118. The van der Waals surface area contributed by atoms with E-state index in [1.165, 1.54) is 5.56 Å². The molecule has 46 heavy (non-hydrogen) atoms. The van der Waals surface area contributed by atoms with Crippen LogP contribution in [0.15, 0.2) is 102 Å². The highest BCUT2D eigenvalue weighted by atomic mass is 15.2. The molecule has 1 fully saturated rings. The van der Waals surface area contributed by atoms with Gasteiger partial charge in [0.05, 0.1) is 17.3 Å². The van der Waals surface area contributed by atoms with Gasteiger partial charge in [-0.2, -0.15) is 5.26 Å². The molecule has 0 bridgehead atoms. The minimum Gasteiger partial charge on any atom is -0.383 e. The normalized spacial score (nSPS) is 14.4. The van der Waals surface area contributed by atoms with Crippen LogP contribution in [-0.4, -0.2) is 56.4 Å². The third kappa shape index (κ3) is 7.31. The van der Waals surface area contributed by atoms with E-state index >= 15 is 0 Å². The van der Waals surface area contributed by atoms with Crippen molar-refractivity contribution in [3.8, 4) is 34.4 Å². The van der Waals surface area contributed by atoms with Crippen LogP contribution in [0.3, 0.4) is 0 Å². The summed E-state index contributed by atoms with van der Waals surface area (Å²) in [5, 5.41) is 12.6. The van der Waals surface area contributed by atoms with Crippen LogP contribution in [0, 0.1) is 11.3 Å². The highest BCUT2D eigenvalue weighted by Crippen LogP contribution is 2.32. The predicted molar refractivity (Wildman–Crippen MR) is 187 cm³/mol. The second-order valence-corrected chi connectivity index (χ2v) is 11.0. The lowest BCUT2D eigenvalue weighted by molar-refractivity contribution is 0.199. The van der Waals surface area contributed by atoms with E-state index in [1.54, 1.807) is 20.2 Å². The molecule has 1 aliphatic heterocycles. The Morgan fingerprint density at radius 2 is 1.74 bits per heavy atom. The second kappa shape index (κ2) is 15.1. The van der Waals surface area contributed by atoms with Crippen LogP contribution in [0.4, 0.5) is 5.82 Å². The maximum Gasteiger partial charge on any atom is 0.165 e. The number of hydrogen-bond donors (Lipinski definition) is 2. The highest BCUT2D eigenvalue weighted by molar-refractivity contribution is 5.94. The lowest BCUT2D eigenvalue weighted by Gasteiger charge is -2.32. The van der Waals surface area contributed by atoms with Crippen molar-refractivity contribution in [1.82, 2.24) is 29.7 Å². The minimum absolute atomic E-state index is 0.344. The first kappa shape index (κ1) is 32.1. The number of pyridine rings is 2. The zero-order valence-electron chi connectivity index (χ0n) is 27.0. The Kier molecular flexibility index (Phi) is 10.5. The van der Waals surface area contributed by atoms with E-state index in [0.29, 0.717) is 23.3 Å². The van der Waals surface area contributed by atoms with Gasteiger partial charge in [0.2, 0.25) is 0 Å². The molecular formula is C37H41N9. The van der Waals surface area contributed by atoms with Crippen LogP contribution in [0.1, 0.15) is 39.2 Å². The number of likely N-dealkylation sites (tertiary alicyclic amines) is 1. The van der Waals surface area contributed by atoms with Crippen LogP contribution in [0.5, 0.6) is 0 Å². The molecule has 0 amide bonds. The van der Waals surface area contributed by atoms with Crippen LogP contribution in [0.25, 0.3) is 39.5 Å². The monoisotopic (exact) mass is 611 g/mol. The number of rotatable bonds is 7. The first-order chi connectivity index (χ1) is 22.5. The summed E-state index contributed by atoms with van der Waals surface area (Å²) in [4.78, 5) is 21.1. The van der Waals surface area contributed by atoms with E-state index in [0.717, 1.165) is 72.0 Å². The van der Waals surface area contributed by atoms with Crippen molar-refractivity contribution in [3.63, 3.8) is 0 Å². The summed E-state index contributed by atoms with van der Waals surface area (Å²) in [5.41, 5.74) is 13.4. The molecule has 0 saturated carbocycles. The Hall–Kier alpha value is -5.33. The molecule has 1 saturated heterocycles. The van der Waals surface area contributed by atoms with E-state index in [4.69, 9.17) is 21.0 Å². The summed E-state index contributed by atoms with van der Waals surface area (Å²) in [6.45, 7) is 8.64. The number of nitrogen functional groups attached to an aromatic ring is 1. The number of allylic oxidation sites excluding steroid dienone is 1. The van der Waals surface area contributed by atoms with E-state index in [2.05, 4.69) is 67.2 Å². The Morgan fingerprint density at radius 3 is 2.41 bits per heavy atom. The van der Waals surface area contributed by atoms with Crippen LogP contribution in [0.2, 0.25) is 0 Å². The first-order valence-corrected chi connectivity index (χ1v) is 15.8. The van der Waals surface area contributed by atoms with Crippen molar-refractivity contribution in [2.45, 2.75) is 46.2 Å². The van der Waals surface area contributed by atoms with E-state index in [1.807, 2.05) is 62.4 Å². The molecule has 0 spiro atoms. The average molecular weight is 612 g/mol. The number of aliphatic imine (C=N–C) groups is 1. The Bertz CT molecular complexity index is 1860. The molecule has 2 aromatic carbocycles. The fourth-order valence-electron chi connectivity index (χ4n) is 5.62. The summed E-state index contributed by atoms with van der Waals surface area (Å²) >= 11 is 0. The number of nitrogens with zero attached hydrogens (tertiary/aromatic N) is 7.